The maximum absolute atomic E-state index is 5.27. The fraction of sp³-hybridized carbons (Fsp3) is 0.500. The third-order valence-electron chi connectivity index (χ3n) is 2.56. The van der Waals surface area contributed by atoms with Gasteiger partial charge in [-0.25, -0.2) is 4.99 Å². The molecule has 0 heterocycles. The molecule has 0 spiro atoms. The molecule has 0 fully saturated rings. The van der Waals surface area contributed by atoms with Crippen LogP contribution >= 0.6 is 24.0 Å². The molecule has 1 rings (SSSR count). The largest absolute Gasteiger partial charge is 0.493 e. The summed E-state index contributed by atoms with van der Waals surface area (Å²) in [6, 6.07) is 5.82. The van der Waals surface area contributed by atoms with Crippen LogP contribution in [0, 0.1) is 0 Å². The minimum absolute atomic E-state index is 0. The summed E-state index contributed by atoms with van der Waals surface area (Å²) < 4.78 is 10.5. The molecule has 0 radical (unpaired) electrons. The summed E-state index contributed by atoms with van der Waals surface area (Å²) >= 11 is 0. The van der Waals surface area contributed by atoms with Gasteiger partial charge in [0.2, 0.25) is 0 Å². The first kappa shape index (κ1) is 18.8. The molecule has 0 aliphatic heterocycles. The van der Waals surface area contributed by atoms with Crippen LogP contribution < -0.4 is 20.1 Å². The van der Waals surface area contributed by atoms with Crippen LogP contribution in [0.15, 0.2) is 23.2 Å². The van der Waals surface area contributed by atoms with E-state index < -0.39 is 0 Å². The molecule has 0 aliphatic carbocycles. The molecule has 0 bridgehead atoms. The fourth-order valence-electron chi connectivity index (χ4n) is 1.66. The first-order valence-electron chi connectivity index (χ1n) is 6.48. The maximum atomic E-state index is 5.27. The average Bonchev–Trinajstić information content (AvgIpc) is 2.44. The molecule has 5 nitrogen and oxygen atoms in total. The lowest BCUT2D eigenvalue weighted by Gasteiger charge is -2.10. The summed E-state index contributed by atoms with van der Waals surface area (Å²) in [5.41, 5.74) is 1.07. The minimum atomic E-state index is 0. The Balaban J connectivity index is 0.00000361. The Morgan fingerprint density at radius 3 is 2.15 bits per heavy atom. The van der Waals surface area contributed by atoms with Crippen LogP contribution in [-0.2, 0) is 6.54 Å². The molecule has 1 aromatic carbocycles. The number of nitrogens with zero attached hydrogens (tertiary/aromatic N) is 1. The maximum Gasteiger partial charge on any atom is 0.191 e. The zero-order valence-electron chi connectivity index (χ0n) is 12.5. The van der Waals surface area contributed by atoms with Crippen molar-refractivity contribution in [3.05, 3.63) is 23.8 Å². The Bertz CT molecular complexity index is 417. The van der Waals surface area contributed by atoms with Gasteiger partial charge in [0.15, 0.2) is 17.5 Å². The molecule has 0 saturated carbocycles. The van der Waals surface area contributed by atoms with Crippen LogP contribution in [0.3, 0.4) is 0 Å². The molecule has 114 valence electrons. The molecule has 0 amide bonds. The highest BCUT2D eigenvalue weighted by Crippen LogP contribution is 2.27. The van der Waals surface area contributed by atoms with Crippen LogP contribution in [0.4, 0.5) is 0 Å². The molecule has 0 unspecified atom stereocenters. The number of halogens is 1. The Morgan fingerprint density at radius 2 is 1.65 bits per heavy atom. The summed E-state index contributed by atoms with van der Waals surface area (Å²) in [4.78, 5) is 4.50. The van der Waals surface area contributed by atoms with Gasteiger partial charge in [-0.1, -0.05) is 6.07 Å². The molecule has 0 aromatic heterocycles. The van der Waals surface area contributed by atoms with E-state index in [1.807, 2.05) is 32.0 Å². The van der Waals surface area contributed by atoms with Crippen LogP contribution in [0.2, 0.25) is 0 Å². The molecule has 20 heavy (non-hydrogen) atoms. The number of nitrogens with one attached hydrogen (secondary N) is 2. The lowest BCUT2D eigenvalue weighted by atomic mass is 10.2. The molecule has 6 heteroatoms. The van der Waals surface area contributed by atoms with E-state index in [1.165, 1.54) is 0 Å². The van der Waals surface area contributed by atoms with Crippen LogP contribution in [0.1, 0.15) is 19.4 Å². The molecular formula is C14H24IN3O2. The smallest absolute Gasteiger partial charge is 0.191 e. The second kappa shape index (κ2) is 10.6. The quantitative estimate of drug-likeness (QED) is 0.443. The van der Waals surface area contributed by atoms with Crippen molar-refractivity contribution in [3.63, 3.8) is 0 Å². The first-order chi connectivity index (χ1) is 9.24. The standard InChI is InChI=1S/C14H23N3O2.HI/c1-5-15-14(16-6-2)17-10-11-7-8-12(18-3)13(9-11)19-4;/h7-9H,5-6,10H2,1-4H3,(H2,15,16,17);1H. The van der Waals surface area contributed by atoms with Crippen LogP contribution in [0.25, 0.3) is 0 Å². The van der Waals surface area contributed by atoms with E-state index in [1.54, 1.807) is 14.2 Å². The number of ether oxygens (including phenoxy) is 2. The molecule has 0 aliphatic rings. The van der Waals surface area contributed by atoms with Gasteiger partial charge in [-0.15, -0.1) is 24.0 Å². The second-order valence-electron chi connectivity index (χ2n) is 3.91. The minimum Gasteiger partial charge on any atom is -0.493 e. The first-order valence-corrected chi connectivity index (χ1v) is 6.48. The second-order valence-corrected chi connectivity index (χ2v) is 3.91. The van der Waals surface area contributed by atoms with Gasteiger partial charge >= 0.3 is 0 Å². The van der Waals surface area contributed by atoms with E-state index in [-0.39, 0.29) is 24.0 Å². The van der Waals surface area contributed by atoms with Gasteiger partial charge in [-0.3, -0.25) is 0 Å². The van der Waals surface area contributed by atoms with E-state index in [4.69, 9.17) is 9.47 Å². The van der Waals surface area contributed by atoms with Crippen molar-refractivity contribution < 1.29 is 9.47 Å². The monoisotopic (exact) mass is 393 g/mol. The predicted octanol–water partition coefficient (Wildman–Crippen LogP) is 2.40. The van der Waals surface area contributed by atoms with Gasteiger partial charge < -0.3 is 20.1 Å². The lowest BCUT2D eigenvalue weighted by molar-refractivity contribution is 0.354. The highest BCUT2D eigenvalue weighted by atomic mass is 127. The molecule has 0 atom stereocenters. The Hall–Kier alpha value is -1.18. The van der Waals surface area contributed by atoms with Gasteiger partial charge in [-0.05, 0) is 31.5 Å². The van der Waals surface area contributed by atoms with Gasteiger partial charge in [0.25, 0.3) is 0 Å². The SMILES string of the molecule is CCNC(=NCc1ccc(OC)c(OC)c1)NCC.I. The summed E-state index contributed by atoms with van der Waals surface area (Å²) in [5.74, 6) is 2.28. The van der Waals surface area contributed by atoms with E-state index in [2.05, 4.69) is 15.6 Å². The van der Waals surface area contributed by atoms with Gasteiger partial charge in [0.1, 0.15) is 0 Å². The van der Waals surface area contributed by atoms with Crippen LogP contribution in [0.5, 0.6) is 11.5 Å². The highest BCUT2D eigenvalue weighted by Gasteiger charge is 2.04. The van der Waals surface area contributed by atoms with Crippen molar-refractivity contribution in [2.45, 2.75) is 20.4 Å². The van der Waals surface area contributed by atoms with Crippen molar-refractivity contribution in [3.8, 4) is 11.5 Å². The van der Waals surface area contributed by atoms with E-state index >= 15 is 0 Å². The zero-order valence-corrected chi connectivity index (χ0v) is 14.9. The number of benzene rings is 1. The molecular weight excluding hydrogens is 369 g/mol. The topological polar surface area (TPSA) is 54.9 Å². The molecule has 0 saturated heterocycles. The van der Waals surface area contributed by atoms with Gasteiger partial charge in [0.05, 0.1) is 20.8 Å². The number of methoxy groups -OCH3 is 2. The highest BCUT2D eigenvalue weighted by molar-refractivity contribution is 14.0. The normalized spacial score (nSPS) is 9.20. The molecule has 1 aromatic rings. The Kier molecular flexibility index (Phi) is 9.96. The summed E-state index contributed by atoms with van der Waals surface area (Å²) in [6.07, 6.45) is 0. The summed E-state index contributed by atoms with van der Waals surface area (Å²) in [6.45, 7) is 6.37. The number of hydrogen-bond acceptors (Lipinski definition) is 3. The van der Waals surface area contributed by atoms with Crippen molar-refractivity contribution in [1.29, 1.82) is 0 Å². The Labute approximate surface area is 138 Å². The van der Waals surface area contributed by atoms with E-state index in [0.717, 1.165) is 36.1 Å². The Morgan fingerprint density at radius 1 is 1.05 bits per heavy atom. The molecule has 2 N–H and O–H groups in total. The van der Waals surface area contributed by atoms with Crippen molar-refractivity contribution in [2.75, 3.05) is 27.3 Å². The third kappa shape index (κ3) is 5.85. The van der Waals surface area contributed by atoms with Crippen LogP contribution in [-0.4, -0.2) is 33.3 Å². The summed E-state index contributed by atoms with van der Waals surface area (Å²) in [5, 5.41) is 6.38. The van der Waals surface area contributed by atoms with Crippen molar-refractivity contribution in [2.24, 2.45) is 4.99 Å². The van der Waals surface area contributed by atoms with Gasteiger partial charge in [0, 0.05) is 13.1 Å². The van der Waals surface area contributed by atoms with E-state index in [0.29, 0.717) is 6.54 Å². The predicted molar refractivity (Wildman–Crippen MR) is 93.5 cm³/mol. The average molecular weight is 393 g/mol. The summed E-state index contributed by atoms with van der Waals surface area (Å²) in [7, 11) is 3.26. The van der Waals surface area contributed by atoms with Crippen molar-refractivity contribution in [1.82, 2.24) is 10.6 Å². The third-order valence-corrected chi connectivity index (χ3v) is 2.56. The number of hydrogen-bond donors (Lipinski definition) is 2. The number of aliphatic imine (C=N–C) groups is 1. The fourth-order valence-corrected chi connectivity index (χ4v) is 1.66. The van der Waals surface area contributed by atoms with Crippen molar-refractivity contribution >= 4 is 29.9 Å². The van der Waals surface area contributed by atoms with Gasteiger partial charge in [-0.2, -0.15) is 0 Å². The zero-order chi connectivity index (χ0) is 14.1. The lowest BCUT2D eigenvalue weighted by Crippen LogP contribution is -2.36. The number of rotatable bonds is 6. The van der Waals surface area contributed by atoms with E-state index in [9.17, 15) is 0 Å². The number of guanidine groups is 1.